The van der Waals surface area contributed by atoms with Gasteiger partial charge in [0.25, 0.3) is 15.9 Å². The van der Waals surface area contributed by atoms with Gasteiger partial charge in [0.05, 0.1) is 31.9 Å². The average molecular weight is 516 g/mol. The maximum atomic E-state index is 12.9. The topological polar surface area (TPSA) is 75.3 Å². The van der Waals surface area contributed by atoms with Crippen LogP contribution in [-0.4, -0.2) is 14.3 Å². The Morgan fingerprint density at radius 1 is 0.935 bits per heavy atom. The maximum absolute atomic E-state index is 12.9. The summed E-state index contributed by atoms with van der Waals surface area (Å²) in [5.41, 5.74) is 1.66. The van der Waals surface area contributed by atoms with E-state index in [1.165, 1.54) is 36.4 Å². The zero-order chi connectivity index (χ0) is 22.8. The van der Waals surface area contributed by atoms with Crippen molar-refractivity contribution in [2.75, 3.05) is 10.0 Å². The van der Waals surface area contributed by atoms with Crippen LogP contribution >= 0.6 is 47.4 Å². The van der Waals surface area contributed by atoms with Crippen molar-refractivity contribution in [3.8, 4) is 0 Å². The molecule has 0 heterocycles. The molecule has 162 valence electrons. The summed E-state index contributed by atoms with van der Waals surface area (Å²) in [4.78, 5) is 13.4. The molecule has 0 aromatic heterocycles. The SMILES string of the molecule is CCc1ccc(NC(=O)c2cc(Cl)ccc2NS(=O)(=O)c2ccc(Cl)c(Cl)c2)c(S)c1. The van der Waals surface area contributed by atoms with E-state index in [1.54, 1.807) is 6.07 Å². The molecular weight excluding hydrogens is 499 g/mol. The number of amides is 1. The molecule has 3 rings (SSSR count). The van der Waals surface area contributed by atoms with E-state index in [1.807, 2.05) is 19.1 Å². The molecule has 0 aliphatic heterocycles. The number of carbonyl (C=O) groups is 1. The number of halogens is 3. The van der Waals surface area contributed by atoms with Crippen molar-refractivity contribution >= 4 is 74.7 Å². The molecule has 0 saturated carbocycles. The standard InChI is InChI=1S/C21H17Cl3N2O3S2/c1-2-12-3-7-19(20(30)9-12)25-21(27)15-10-13(22)4-8-18(15)26-31(28,29)14-5-6-16(23)17(24)11-14/h3-11,26,30H,2H2,1H3,(H,25,27). The van der Waals surface area contributed by atoms with Crippen molar-refractivity contribution in [3.63, 3.8) is 0 Å². The Balaban J connectivity index is 1.93. The van der Waals surface area contributed by atoms with Crippen LogP contribution in [0, 0.1) is 0 Å². The van der Waals surface area contributed by atoms with Crippen molar-refractivity contribution in [1.82, 2.24) is 0 Å². The summed E-state index contributed by atoms with van der Waals surface area (Å²) in [6.45, 7) is 2.01. The molecule has 0 atom stereocenters. The van der Waals surface area contributed by atoms with Gasteiger partial charge in [-0.05, 0) is 60.5 Å². The van der Waals surface area contributed by atoms with Gasteiger partial charge in [-0.3, -0.25) is 9.52 Å². The molecular formula is C21H17Cl3N2O3S2. The van der Waals surface area contributed by atoms with E-state index in [-0.39, 0.29) is 31.2 Å². The van der Waals surface area contributed by atoms with Crippen LogP contribution < -0.4 is 10.0 Å². The minimum absolute atomic E-state index is 0.0448. The van der Waals surface area contributed by atoms with Crippen LogP contribution in [0.2, 0.25) is 15.1 Å². The van der Waals surface area contributed by atoms with E-state index in [4.69, 9.17) is 34.8 Å². The van der Waals surface area contributed by atoms with Crippen molar-refractivity contribution in [3.05, 3.63) is 80.8 Å². The van der Waals surface area contributed by atoms with E-state index in [0.29, 0.717) is 10.6 Å². The quantitative estimate of drug-likeness (QED) is 0.326. The molecule has 0 fully saturated rings. The molecule has 0 aliphatic rings. The minimum Gasteiger partial charge on any atom is -0.321 e. The number of sulfonamides is 1. The smallest absolute Gasteiger partial charge is 0.261 e. The predicted octanol–water partition coefficient (Wildman–Crippen LogP) is 6.55. The Hall–Kier alpha value is -1.90. The monoisotopic (exact) mass is 514 g/mol. The van der Waals surface area contributed by atoms with Crippen molar-refractivity contribution in [2.24, 2.45) is 0 Å². The summed E-state index contributed by atoms with van der Waals surface area (Å²) in [5.74, 6) is -0.547. The Bertz CT molecular complexity index is 1260. The largest absolute Gasteiger partial charge is 0.321 e. The molecule has 2 N–H and O–H groups in total. The summed E-state index contributed by atoms with van der Waals surface area (Å²) >= 11 is 22.3. The second kappa shape index (κ2) is 9.71. The maximum Gasteiger partial charge on any atom is 0.261 e. The fourth-order valence-electron chi connectivity index (χ4n) is 2.73. The van der Waals surface area contributed by atoms with Gasteiger partial charge in [0, 0.05) is 9.92 Å². The second-order valence-corrected chi connectivity index (χ2v) is 9.95. The number of carbonyl (C=O) groups excluding carboxylic acids is 1. The van der Waals surface area contributed by atoms with Gasteiger partial charge < -0.3 is 5.32 Å². The Morgan fingerprint density at radius 2 is 1.65 bits per heavy atom. The summed E-state index contributed by atoms with van der Waals surface area (Å²) in [5, 5.41) is 3.33. The minimum atomic E-state index is -4.04. The lowest BCUT2D eigenvalue weighted by molar-refractivity contribution is 0.102. The van der Waals surface area contributed by atoms with Gasteiger partial charge in [0.15, 0.2) is 0 Å². The van der Waals surface area contributed by atoms with Crippen LogP contribution in [0.3, 0.4) is 0 Å². The van der Waals surface area contributed by atoms with Crippen LogP contribution in [0.4, 0.5) is 11.4 Å². The number of benzene rings is 3. The highest BCUT2D eigenvalue weighted by molar-refractivity contribution is 7.92. The van der Waals surface area contributed by atoms with Crippen LogP contribution in [0.15, 0.2) is 64.4 Å². The highest BCUT2D eigenvalue weighted by Crippen LogP contribution is 2.29. The highest BCUT2D eigenvalue weighted by Gasteiger charge is 2.21. The van der Waals surface area contributed by atoms with Gasteiger partial charge in [0.2, 0.25) is 0 Å². The number of hydrogen-bond donors (Lipinski definition) is 3. The summed E-state index contributed by atoms with van der Waals surface area (Å²) in [7, 11) is -4.04. The predicted molar refractivity (Wildman–Crippen MR) is 130 cm³/mol. The molecule has 3 aromatic rings. The van der Waals surface area contributed by atoms with E-state index in [9.17, 15) is 13.2 Å². The molecule has 10 heteroatoms. The van der Waals surface area contributed by atoms with Crippen LogP contribution in [0.5, 0.6) is 0 Å². The fraction of sp³-hybridized carbons (Fsp3) is 0.0952. The molecule has 0 bridgehead atoms. The first-order valence-electron chi connectivity index (χ1n) is 9.01. The van der Waals surface area contributed by atoms with Crippen molar-refractivity contribution < 1.29 is 13.2 Å². The van der Waals surface area contributed by atoms with Crippen molar-refractivity contribution in [2.45, 2.75) is 23.1 Å². The first-order valence-corrected chi connectivity index (χ1v) is 12.1. The molecule has 0 spiro atoms. The molecule has 0 unspecified atom stereocenters. The van der Waals surface area contributed by atoms with Crippen LogP contribution in [-0.2, 0) is 16.4 Å². The number of anilines is 2. The third-order valence-electron chi connectivity index (χ3n) is 4.39. The van der Waals surface area contributed by atoms with Gasteiger partial charge in [-0.1, -0.05) is 47.8 Å². The third kappa shape index (κ3) is 5.67. The average Bonchev–Trinajstić information content (AvgIpc) is 2.72. The summed E-state index contributed by atoms with van der Waals surface area (Å²) in [6.07, 6.45) is 0.830. The van der Waals surface area contributed by atoms with E-state index in [0.717, 1.165) is 12.0 Å². The Kier molecular flexibility index (Phi) is 7.44. The third-order valence-corrected chi connectivity index (χ3v) is 7.10. The number of nitrogens with one attached hydrogen (secondary N) is 2. The molecule has 1 amide bonds. The van der Waals surface area contributed by atoms with Gasteiger partial charge in [-0.2, -0.15) is 0 Å². The Morgan fingerprint density at radius 3 is 2.29 bits per heavy atom. The lowest BCUT2D eigenvalue weighted by Crippen LogP contribution is -2.19. The zero-order valence-electron chi connectivity index (χ0n) is 16.1. The van der Waals surface area contributed by atoms with Crippen molar-refractivity contribution in [1.29, 1.82) is 0 Å². The highest BCUT2D eigenvalue weighted by atomic mass is 35.5. The lowest BCUT2D eigenvalue weighted by Gasteiger charge is -2.15. The first-order chi connectivity index (χ1) is 14.6. The molecule has 0 aliphatic carbocycles. The number of rotatable bonds is 6. The summed E-state index contributed by atoms with van der Waals surface area (Å²) < 4.78 is 28.0. The number of aryl methyl sites for hydroxylation is 1. The Labute approximate surface area is 201 Å². The number of hydrogen-bond acceptors (Lipinski definition) is 4. The van der Waals surface area contributed by atoms with E-state index < -0.39 is 15.9 Å². The van der Waals surface area contributed by atoms with Crippen LogP contribution in [0.1, 0.15) is 22.8 Å². The molecule has 31 heavy (non-hydrogen) atoms. The van der Waals surface area contributed by atoms with Gasteiger partial charge in [0.1, 0.15) is 0 Å². The molecule has 5 nitrogen and oxygen atoms in total. The second-order valence-electron chi connectivity index (χ2n) is 6.53. The van der Waals surface area contributed by atoms with E-state index in [2.05, 4.69) is 22.7 Å². The lowest BCUT2D eigenvalue weighted by atomic mass is 10.1. The van der Waals surface area contributed by atoms with Gasteiger partial charge >= 0.3 is 0 Å². The molecule has 0 radical (unpaired) electrons. The number of thiol groups is 1. The normalized spacial score (nSPS) is 11.3. The van der Waals surface area contributed by atoms with Gasteiger partial charge in [-0.15, -0.1) is 12.6 Å². The zero-order valence-corrected chi connectivity index (χ0v) is 20.1. The van der Waals surface area contributed by atoms with E-state index >= 15 is 0 Å². The molecule has 0 saturated heterocycles. The van der Waals surface area contributed by atoms with Gasteiger partial charge in [-0.25, -0.2) is 8.42 Å². The summed E-state index contributed by atoms with van der Waals surface area (Å²) in [6, 6.07) is 13.7. The molecule has 3 aromatic carbocycles. The van der Waals surface area contributed by atoms with Crippen LogP contribution in [0.25, 0.3) is 0 Å². The fourth-order valence-corrected chi connectivity index (χ4v) is 4.67. The first kappa shape index (κ1) is 23.8.